The Morgan fingerprint density at radius 2 is 1.64 bits per heavy atom. The van der Waals surface area contributed by atoms with E-state index in [2.05, 4.69) is 15.4 Å². The standard InChI is InChI=1S/C27H23ClN2O5S/c1-33-20-13-18(19(28)14-21(20)35-15-22(31)34-2)25-23(26(32)17-11-7-4-8-12-17)24(29-27(36)30-25)16-9-5-3-6-10-16/h3-14,25H,15H2,1-2H3,(H2,29,30,36). The van der Waals surface area contributed by atoms with E-state index in [0.29, 0.717) is 38.3 Å². The second-order valence-electron chi connectivity index (χ2n) is 7.77. The van der Waals surface area contributed by atoms with Crippen LogP contribution in [0.5, 0.6) is 11.5 Å². The number of Topliss-reactive ketones (excluding diaryl/α,β-unsaturated/α-hetero) is 1. The third-order valence-electron chi connectivity index (χ3n) is 5.58. The van der Waals surface area contributed by atoms with Crippen molar-refractivity contribution in [3.63, 3.8) is 0 Å². The van der Waals surface area contributed by atoms with Gasteiger partial charge < -0.3 is 24.8 Å². The molecule has 1 aliphatic rings. The van der Waals surface area contributed by atoms with Crippen molar-refractivity contribution in [2.75, 3.05) is 20.8 Å². The molecule has 0 aliphatic carbocycles. The zero-order chi connectivity index (χ0) is 25.7. The number of esters is 1. The van der Waals surface area contributed by atoms with Crippen LogP contribution in [0, 0.1) is 0 Å². The van der Waals surface area contributed by atoms with Crippen molar-refractivity contribution in [3.8, 4) is 11.5 Å². The highest BCUT2D eigenvalue weighted by atomic mass is 35.5. The molecule has 0 amide bonds. The molecule has 1 atom stereocenters. The summed E-state index contributed by atoms with van der Waals surface area (Å²) in [5.41, 5.74) is 2.89. The lowest BCUT2D eigenvalue weighted by atomic mass is 9.87. The van der Waals surface area contributed by atoms with E-state index in [4.69, 9.17) is 33.3 Å². The van der Waals surface area contributed by atoms with Crippen LogP contribution in [-0.2, 0) is 9.53 Å². The fourth-order valence-electron chi connectivity index (χ4n) is 3.86. The van der Waals surface area contributed by atoms with Crippen LogP contribution in [0.2, 0.25) is 5.02 Å². The lowest BCUT2D eigenvalue weighted by Gasteiger charge is -2.32. The molecule has 3 aromatic rings. The number of methoxy groups -OCH3 is 2. The molecule has 184 valence electrons. The van der Waals surface area contributed by atoms with E-state index in [9.17, 15) is 9.59 Å². The van der Waals surface area contributed by atoms with Gasteiger partial charge in [-0.1, -0.05) is 72.3 Å². The van der Waals surface area contributed by atoms with Crippen LogP contribution >= 0.6 is 23.8 Å². The number of ketones is 1. The summed E-state index contributed by atoms with van der Waals surface area (Å²) in [6.07, 6.45) is 0. The average molecular weight is 523 g/mol. The van der Waals surface area contributed by atoms with E-state index in [0.717, 1.165) is 5.56 Å². The fraction of sp³-hybridized carbons (Fsp3) is 0.148. The van der Waals surface area contributed by atoms with Gasteiger partial charge in [0.25, 0.3) is 0 Å². The van der Waals surface area contributed by atoms with Crippen molar-refractivity contribution >= 4 is 46.4 Å². The van der Waals surface area contributed by atoms with Crippen LogP contribution < -0.4 is 20.1 Å². The van der Waals surface area contributed by atoms with Gasteiger partial charge in [0.1, 0.15) is 0 Å². The van der Waals surface area contributed by atoms with E-state index in [1.165, 1.54) is 20.3 Å². The monoisotopic (exact) mass is 522 g/mol. The number of hydrogen-bond acceptors (Lipinski definition) is 6. The Morgan fingerprint density at radius 3 is 2.28 bits per heavy atom. The van der Waals surface area contributed by atoms with E-state index < -0.39 is 12.0 Å². The molecule has 7 nitrogen and oxygen atoms in total. The Kier molecular flexibility index (Phi) is 7.87. The van der Waals surface area contributed by atoms with Crippen molar-refractivity contribution in [3.05, 3.63) is 100 Å². The number of nitrogens with one attached hydrogen (secondary N) is 2. The van der Waals surface area contributed by atoms with E-state index in [-0.39, 0.29) is 18.1 Å². The van der Waals surface area contributed by atoms with Crippen LogP contribution in [0.4, 0.5) is 0 Å². The van der Waals surface area contributed by atoms with Gasteiger partial charge in [0.05, 0.1) is 36.6 Å². The Morgan fingerprint density at radius 1 is 0.972 bits per heavy atom. The first-order valence-electron chi connectivity index (χ1n) is 11.0. The van der Waals surface area contributed by atoms with Gasteiger partial charge in [-0.2, -0.15) is 0 Å². The van der Waals surface area contributed by atoms with Gasteiger partial charge in [-0.15, -0.1) is 0 Å². The number of ether oxygens (including phenoxy) is 3. The minimum Gasteiger partial charge on any atom is -0.493 e. The summed E-state index contributed by atoms with van der Waals surface area (Å²) in [5.74, 6) is -0.148. The molecule has 2 N–H and O–H groups in total. The first-order chi connectivity index (χ1) is 17.4. The molecule has 0 bridgehead atoms. The van der Waals surface area contributed by atoms with E-state index >= 15 is 0 Å². The average Bonchev–Trinajstić information content (AvgIpc) is 2.91. The quantitative estimate of drug-likeness (QED) is 0.250. The van der Waals surface area contributed by atoms with Gasteiger partial charge in [-0.3, -0.25) is 4.79 Å². The van der Waals surface area contributed by atoms with Crippen LogP contribution in [0.3, 0.4) is 0 Å². The lowest BCUT2D eigenvalue weighted by Crippen LogP contribution is -2.45. The topological polar surface area (TPSA) is 85.9 Å². The maximum atomic E-state index is 13.9. The van der Waals surface area contributed by atoms with Gasteiger partial charge >= 0.3 is 5.97 Å². The molecule has 0 aromatic heterocycles. The molecule has 1 aliphatic heterocycles. The smallest absolute Gasteiger partial charge is 0.343 e. The number of carbonyl (C=O) groups is 2. The first kappa shape index (κ1) is 25.2. The molecular weight excluding hydrogens is 500 g/mol. The van der Waals surface area contributed by atoms with E-state index in [1.54, 1.807) is 18.2 Å². The van der Waals surface area contributed by atoms with Crippen LogP contribution in [0.15, 0.2) is 78.4 Å². The van der Waals surface area contributed by atoms with Crippen molar-refractivity contribution in [2.24, 2.45) is 0 Å². The fourth-order valence-corrected chi connectivity index (χ4v) is 4.34. The molecule has 1 unspecified atom stereocenters. The second-order valence-corrected chi connectivity index (χ2v) is 8.59. The maximum absolute atomic E-state index is 13.9. The zero-order valence-corrected chi connectivity index (χ0v) is 21.1. The second kappa shape index (κ2) is 11.2. The molecule has 3 aromatic carbocycles. The van der Waals surface area contributed by atoms with Crippen molar-refractivity contribution in [1.82, 2.24) is 10.6 Å². The van der Waals surface area contributed by atoms with Gasteiger partial charge in [0, 0.05) is 17.2 Å². The Balaban J connectivity index is 1.87. The minimum atomic E-state index is -0.697. The highest BCUT2D eigenvalue weighted by Gasteiger charge is 2.34. The molecular formula is C27H23ClN2O5S. The Hall–Kier alpha value is -3.88. The number of halogens is 1. The molecule has 1 heterocycles. The number of benzene rings is 3. The number of rotatable bonds is 8. The minimum absolute atomic E-state index is 0.192. The van der Waals surface area contributed by atoms with E-state index in [1.807, 2.05) is 48.5 Å². The normalized spacial score (nSPS) is 15.0. The summed E-state index contributed by atoms with van der Waals surface area (Å²) in [6, 6.07) is 21.0. The predicted octanol–water partition coefficient (Wildman–Crippen LogP) is 4.71. The molecule has 36 heavy (non-hydrogen) atoms. The van der Waals surface area contributed by atoms with Crippen LogP contribution in [0.25, 0.3) is 5.70 Å². The molecule has 4 rings (SSSR count). The van der Waals surface area contributed by atoms with Gasteiger partial charge in [0.2, 0.25) is 0 Å². The molecule has 0 spiro atoms. The number of thiocarbonyl (C=S) groups is 1. The third-order valence-corrected chi connectivity index (χ3v) is 6.13. The SMILES string of the molecule is COC(=O)COc1cc(Cl)c(C2NC(=S)NC(c3ccccc3)=C2C(=O)c2ccccc2)cc1OC. The highest BCUT2D eigenvalue weighted by Crippen LogP contribution is 2.41. The van der Waals surface area contributed by atoms with Crippen molar-refractivity contribution < 1.29 is 23.8 Å². The molecule has 0 saturated heterocycles. The Bertz CT molecular complexity index is 1330. The van der Waals surface area contributed by atoms with Crippen molar-refractivity contribution in [2.45, 2.75) is 6.04 Å². The molecule has 0 radical (unpaired) electrons. The number of carbonyl (C=O) groups excluding carboxylic acids is 2. The first-order valence-corrected chi connectivity index (χ1v) is 11.8. The highest BCUT2D eigenvalue weighted by molar-refractivity contribution is 7.80. The largest absolute Gasteiger partial charge is 0.493 e. The predicted molar refractivity (Wildman–Crippen MR) is 141 cm³/mol. The molecule has 0 saturated carbocycles. The van der Waals surface area contributed by atoms with Crippen LogP contribution in [-0.4, -0.2) is 37.7 Å². The van der Waals surface area contributed by atoms with Gasteiger partial charge in [-0.25, -0.2) is 4.79 Å². The van der Waals surface area contributed by atoms with Crippen LogP contribution in [0.1, 0.15) is 27.5 Å². The molecule has 9 heteroatoms. The summed E-state index contributed by atoms with van der Waals surface area (Å²) in [6.45, 7) is -0.311. The summed E-state index contributed by atoms with van der Waals surface area (Å²) in [7, 11) is 2.74. The maximum Gasteiger partial charge on any atom is 0.343 e. The number of hydrogen-bond donors (Lipinski definition) is 2. The third kappa shape index (κ3) is 5.35. The molecule has 0 fully saturated rings. The summed E-state index contributed by atoms with van der Waals surface area (Å²) < 4.78 is 15.7. The summed E-state index contributed by atoms with van der Waals surface area (Å²) in [5, 5.41) is 6.98. The lowest BCUT2D eigenvalue weighted by molar-refractivity contribution is -0.142. The Labute approximate surface area is 219 Å². The summed E-state index contributed by atoms with van der Waals surface area (Å²) >= 11 is 12.2. The zero-order valence-electron chi connectivity index (χ0n) is 19.5. The summed E-state index contributed by atoms with van der Waals surface area (Å²) in [4.78, 5) is 25.4. The van der Waals surface area contributed by atoms with Gasteiger partial charge in [0.15, 0.2) is 29.0 Å². The van der Waals surface area contributed by atoms with Gasteiger partial charge in [-0.05, 0) is 23.8 Å². The van der Waals surface area contributed by atoms with Crippen molar-refractivity contribution in [1.29, 1.82) is 0 Å².